The van der Waals surface area contributed by atoms with Gasteiger partial charge in [0.2, 0.25) is 0 Å². The van der Waals surface area contributed by atoms with Crippen molar-refractivity contribution in [2.45, 2.75) is 32.4 Å². The van der Waals surface area contributed by atoms with Crippen LogP contribution in [0.5, 0.6) is 0 Å². The molecule has 16 heavy (non-hydrogen) atoms. The summed E-state index contributed by atoms with van der Waals surface area (Å²) in [5, 5.41) is 21.2. The van der Waals surface area contributed by atoms with Crippen LogP contribution in [0.15, 0.2) is 24.3 Å². The minimum atomic E-state index is 0.200. The zero-order chi connectivity index (χ0) is 11.8. The maximum Gasteiger partial charge on any atom is 0.0995 e. The van der Waals surface area contributed by atoms with Crippen molar-refractivity contribution < 1.29 is 5.11 Å². The summed E-state index contributed by atoms with van der Waals surface area (Å²) in [5.41, 5.74) is 1.73. The molecule has 0 saturated carbocycles. The van der Waals surface area contributed by atoms with Gasteiger partial charge in [-0.25, -0.2) is 0 Å². The number of rotatable bonds is 6. The zero-order valence-electron chi connectivity index (χ0n) is 9.61. The van der Waals surface area contributed by atoms with E-state index in [9.17, 15) is 0 Å². The molecule has 0 aliphatic rings. The van der Waals surface area contributed by atoms with E-state index in [1.165, 1.54) is 0 Å². The molecule has 0 aliphatic carbocycles. The van der Waals surface area contributed by atoms with Crippen molar-refractivity contribution in [1.29, 1.82) is 5.26 Å². The van der Waals surface area contributed by atoms with Crippen molar-refractivity contribution in [2.24, 2.45) is 0 Å². The molecule has 0 radical (unpaired) electrons. The summed E-state index contributed by atoms with van der Waals surface area (Å²) in [6.45, 7) is 2.97. The number of aliphatic hydroxyl groups excluding tert-OH is 1. The molecule has 1 rings (SSSR count). The lowest BCUT2D eigenvalue weighted by atomic mass is 10.1. The van der Waals surface area contributed by atoms with E-state index in [1.807, 2.05) is 24.3 Å². The smallest absolute Gasteiger partial charge is 0.0995 e. The molecule has 0 bridgehead atoms. The highest BCUT2D eigenvalue weighted by atomic mass is 16.3. The van der Waals surface area contributed by atoms with Gasteiger partial charge in [0, 0.05) is 19.2 Å². The van der Waals surface area contributed by atoms with Crippen LogP contribution >= 0.6 is 0 Å². The number of aliphatic hydroxyl groups is 1. The van der Waals surface area contributed by atoms with Crippen molar-refractivity contribution in [3.8, 4) is 6.07 Å². The zero-order valence-corrected chi connectivity index (χ0v) is 9.61. The predicted octanol–water partition coefficient (Wildman–Crippen LogP) is 1.81. The molecule has 86 valence electrons. The fourth-order valence-corrected chi connectivity index (χ4v) is 1.64. The summed E-state index contributed by atoms with van der Waals surface area (Å²) in [5.74, 6) is 0. The molecular weight excluding hydrogens is 200 g/mol. The quantitative estimate of drug-likeness (QED) is 0.765. The number of hydrogen-bond donors (Lipinski definition) is 2. The van der Waals surface area contributed by atoms with Gasteiger partial charge in [0.15, 0.2) is 0 Å². The van der Waals surface area contributed by atoms with Gasteiger partial charge in [-0.1, -0.05) is 25.1 Å². The SMILES string of the molecule is CCC(CCO)NCc1ccccc1C#N. The average molecular weight is 218 g/mol. The minimum absolute atomic E-state index is 0.200. The van der Waals surface area contributed by atoms with E-state index >= 15 is 0 Å². The van der Waals surface area contributed by atoms with Crippen molar-refractivity contribution in [2.75, 3.05) is 6.61 Å². The summed E-state index contributed by atoms with van der Waals surface area (Å²) < 4.78 is 0. The minimum Gasteiger partial charge on any atom is -0.396 e. The summed E-state index contributed by atoms with van der Waals surface area (Å²) in [4.78, 5) is 0. The Kier molecular flexibility index (Phi) is 5.55. The fraction of sp³-hybridized carbons (Fsp3) is 0.462. The number of nitriles is 1. The molecule has 1 atom stereocenters. The molecule has 3 heteroatoms. The highest BCUT2D eigenvalue weighted by Gasteiger charge is 2.06. The van der Waals surface area contributed by atoms with Crippen LogP contribution in [0.2, 0.25) is 0 Å². The van der Waals surface area contributed by atoms with Crippen LogP contribution in [-0.2, 0) is 6.54 Å². The molecular formula is C13H18N2O. The molecule has 0 heterocycles. The van der Waals surface area contributed by atoms with Crippen LogP contribution in [0.4, 0.5) is 0 Å². The molecule has 3 nitrogen and oxygen atoms in total. The Morgan fingerprint density at radius 3 is 2.81 bits per heavy atom. The third-order valence-corrected chi connectivity index (χ3v) is 2.69. The van der Waals surface area contributed by atoms with Gasteiger partial charge < -0.3 is 10.4 Å². The maximum atomic E-state index is 8.93. The Hall–Kier alpha value is -1.37. The highest BCUT2D eigenvalue weighted by molar-refractivity contribution is 5.37. The monoisotopic (exact) mass is 218 g/mol. The molecule has 1 aromatic carbocycles. The molecule has 2 N–H and O–H groups in total. The molecule has 0 aliphatic heterocycles. The van der Waals surface area contributed by atoms with Gasteiger partial charge in [-0.15, -0.1) is 0 Å². The Morgan fingerprint density at radius 2 is 2.19 bits per heavy atom. The Morgan fingerprint density at radius 1 is 1.44 bits per heavy atom. The second-order valence-corrected chi connectivity index (χ2v) is 3.77. The van der Waals surface area contributed by atoms with Gasteiger partial charge in [0.1, 0.15) is 0 Å². The van der Waals surface area contributed by atoms with E-state index in [2.05, 4.69) is 18.3 Å². The van der Waals surface area contributed by atoms with Crippen molar-refractivity contribution in [1.82, 2.24) is 5.32 Å². The van der Waals surface area contributed by atoms with Crippen LogP contribution < -0.4 is 5.32 Å². The summed E-state index contributed by atoms with van der Waals surface area (Å²) in [7, 11) is 0. The lowest BCUT2D eigenvalue weighted by Gasteiger charge is -2.16. The first-order chi connectivity index (χ1) is 7.81. The van der Waals surface area contributed by atoms with E-state index in [-0.39, 0.29) is 6.61 Å². The van der Waals surface area contributed by atoms with Gasteiger partial charge >= 0.3 is 0 Å². The molecule has 0 fully saturated rings. The number of nitrogens with zero attached hydrogens (tertiary/aromatic N) is 1. The van der Waals surface area contributed by atoms with Crippen LogP contribution in [0, 0.1) is 11.3 Å². The normalized spacial score (nSPS) is 12.1. The largest absolute Gasteiger partial charge is 0.396 e. The second kappa shape index (κ2) is 7.00. The molecule has 1 unspecified atom stereocenters. The lowest BCUT2D eigenvalue weighted by Crippen LogP contribution is -2.29. The Balaban J connectivity index is 2.56. The molecule has 0 spiro atoms. The third-order valence-electron chi connectivity index (χ3n) is 2.69. The van der Waals surface area contributed by atoms with Crippen molar-refractivity contribution in [3.05, 3.63) is 35.4 Å². The van der Waals surface area contributed by atoms with Crippen molar-refractivity contribution in [3.63, 3.8) is 0 Å². The lowest BCUT2D eigenvalue weighted by molar-refractivity contribution is 0.262. The van der Waals surface area contributed by atoms with Crippen LogP contribution in [0.25, 0.3) is 0 Å². The summed E-state index contributed by atoms with van der Waals surface area (Å²) in [6, 6.07) is 10.1. The Bertz CT molecular complexity index is 357. The number of benzene rings is 1. The number of nitrogens with one attached hydrogen (secondary N) is 1. The average Bonchev–Trinajstić information content (AvgIpc) is 2.34. The predicted molar refractivity (Wildman–Crippen MR) is 63.8 cm³/mol. The molecule has 0 aromatic heterocycles. The molecule has 1 aromatic rings. The van der Waals surface area contributed by atoms with Gasteiger partial charge in [-0.05, 0) is 24.5 Å². The summed E-state index contributed by atoms with van der Waals surface area (Å²) in [6.07, 6.45) is 1.74. The van der Waals surface area contributed by atoms with E-state index in [0.717, 1.165) is 18.4 Å². The standard InChI is InChI=1S/C13H18N2O/c1-2-13(7-8-16)15-10-12-6-4-3-5-11(12)9-14/h3-6,13,15-16H,2,7-8,10H2,1H3. The first-order valence-corrected chi connectivity index (χ1v) is 5.64. The maximum absolute atomic E-state index is 8.93. The number of hydrogen-bond acceptors (Lipinski definition) is 3. The van der Waals surface area contributed by atoms with Gasteiger partial charge in [-0.2, -0.15) is 5.26 Å². The van der Waals surface area contributed by atoms with E-state index in [0.29, 0.717) is 18.2 Å². The molecule has 0 saturated heterocycles. The molecule has 0 amide bonds. The van der Waals surface area contributed by atoms with Crippen LogP contribution in [0.1, 0.15) is 30.9 Å². The van der Waals surface area contributed by atoms with Gasteiger partial charge in [0.25, 0.3) is 0 Å². The van der Waals surface area contributed by atoms with Gasteiger partial charge in [0.05, 0.1) is 11.6 Å². The van der Waals surface area contributed by atoms with Crippen LogP contribution in [-0.4, -0.2) is 17.8 Å². The fourth-order valence-electron chi connectivity index (χ4n) is 1.64. The van der Waals surface area contributed by atoms with Crippen molar-refractivity contribution >= 4 is 0 Å². The first-order valence-electron chi connectivity index (χ1n) is 5.64. The topological polar surface area (TPSA) is 56.0 Å². The summed E-state index contributed by atoms with van der Waals surface area (Å²) >= 11 is 0. The first kappa shape index (κ1) is 12.7. The third kappa shape index (κ3) is 3.65. The van der Waals surface area contributed by atoms with E-state index in [1.54, 1.807) is 0 Å². The van der Waals surface area contributed by atoms with Crippen LogP contribution in [0.3, 0.4) is 0 Å². The van der Waals surface area contributed by atoms with E-state index in [4.69, 9.17) is 10.4 Å². The van der Waals surface area contributed by atoms with E-state index < -0.39 is 0 Å². The second-order valence-electron chi connectivity index (χ2n) is 3.77. The highest BCUT2D eigenvalue weighted by Crippen LogP contribution is 2.08. The Labute approximate surface area is 96.7 Å². The van der Waals surface area contributed by atoms with Gasteiger partial charge in [-0.3, -0.25) is 0 Å².